The molecule has 0 aliphatic rings. The van der Waals surface area contributed by atoms with Crippen molar-refractivity contribution in [1.82, 2.24) is 34.7 Å². The summed E-state index contributed by atoms with van der Waals surface area (Å²) in [6, 6.07) is 6.71. The van der Waals surface area contributed by atoms with Crippen LogP contribution in [0.25, 0.3) is 0 Å². The molecule has 0 radical (unpaired) electrons. The van der Waals surface area contributed by atoms with Crippen LogP contribution >= 0.6 is 27.5 Å². The van der Waals surface area contributed by atoms with E-state index in [0.29, 0.717) is 21.8 Å². The number of carbonyl (C=O) groups excluding carboxylic acids is 2. The van der Waals surface area contributed by atoms with Crippen molar-refractivity contribution in [2.75, 3.05) is 5.32 Å². The van der Waals surface area contributed by atoms with Crippen LogP contribution in [-0.2, 0) is 27.4 Å². The van der Waals surface area contributed by atoms with Crippen molar-refractivity contribution in [3.8, 4) is 5.75 Å². The molecule has 3 heterocycles. The second kappa shape index (κ2) is 10.1. The van der Waals surface area contributed by atoms with Gasteiger partial charge in [-0.25, -0.2) is 4.68 Å². The van der Waals surface area contributed by atoms with Gasteiger partial charge in [-0.3, -0.25) is 19.0 Å². The lowest BCUT2D eigenvalue weighted by molar-refractivity contribution is 0.0942. The predicted octanol–water partition coefficient (Wildman–Crippen LogP) is 2.98. The second-order valence-corrected chi connectivity index (χ2v) is 8.57. The van der Waals surface area contributed by atoms with Gasteiger partial charge in [-0.2, -0.15) is 15.3 Å². The lowest BCUT2D eigenvalue weighted by Crippen LogP contribution is -2.26. The molecule has 0 saturated carbocycles. The number of halogens is 2. The van der Waals surface area contributed by atoms with Crippen molar-refractivity contribution in [1.29, 1.82) is 0 Å². The van der Waals surface area contributed by atoms with Gasteiger partial charge in [0.05, 0.1) is 22.6 Å². The van der Waals surface area contributed by atoms with Crippen molar-refractivity contribution < 1.29 is 14.3 Å². The van der Waals surface area contributed by atoms with E-state index < -0.39 is 5.91 Å². The van der Waals surface area contributed by atoms with E-state index in [1.807, 2.05) is 0 Å². The van der Waals surface area contributed by atoms with Crippen LogP contribution in [0.5, 0.6) is 5.75 Å². The Labute approximate surface area is 207 Å². The van der Waals surface area contributed by atoms with Crippen LogP contribution in [0.1, 0.15) is 26.5 Å². The molecule has 176 valence electrons. The van der Waals surface area contributed by atoms with Gasteiger partial charge in [0.15, 0.2) is 12.4 Å². The smallest absolute Gasteiger partial charge is 0.276 e. The molecule has 0 saturated heterocycles. The topological polar surface area (TPSA) is 121 Å². The van der Waals surface area contributed by atoms with Crippen LogP contribution in [0.2, 0.25) is 5.02 Å². The van der Waals surface area contributed by atoms with E-state index in [1.54, 1.807) is 61.6 Å². The molecular weight excluding hydrogens is 528 g/mol. The van der Waals surface area contributed by atoms with E-state index in [-0.39, 0.29) is 29.7 Å². The Morgan fingerprint density at radius 1 is 1.15 bits per heavy atom. The Balaban J connectivity index is 1.38. The van der Waals surface area contributed by atoms with Gasteiger partial charge in [-0.15, -0.1) is 0 Å². The van der Waals surface area contributed by atoms with Gasteiger partial charge < -0.3 is 15.4 Å². The number of aromatic nitrogens is 6. The van der Waals surface area contributed by atoms with Gasteiger partial charge in [0, 0.05) is 43.6 Å². The van der Waals surface area contributed by atoms with Gasteiger partial charge in [-0.05, 0) is 40.2 Å². The number of rotatable bonds is 8. The molecule has 4 rings (SSSR count). The average Bonchev–Trinajstić information content (AvgIpc) is 3.52. The van der Waals surface area contributed by atoms with Gasteiger partial charge >= 0.3 is 0 Å². The van der Waals surface area contributed by atoms with Crippen LogP contribution in [0.4, 0.5) is 5.69 Å². The van der Waals surface area contributed by atoms with Crippen LogP contribution in [0.3, 0.4) is 0 Å². The number of nitrogens with one attached hydrogen (secondary N) is 2. The fraction of sp³-hybridized carbons (Fsp3) is 0.190. The molecule has 0 spiro atoms. The number of hydrogen-bond acceptors (Lipinski definition) is 6. The molecule has 0 aliphatic heterocycles. The molecule has 1 aromatic carbocycles. The molecule has 11 nitrogen and oxygen atoms in total. The van der Waals surface area contributed by atoms with E-state index in [9.17, 15) is 9.59 Å². The van der Waals surface area contributed by atoms with Gasteiger partial charge in [0.1, 0.15) is 11.4 Å². The summed E-state index contributed by atoms with van der Waals surface area (Å²) in [7, 11) is 3.42. The van der Waals surface area contributed by atoms with Crippen LogP contribution in [0.15, 0.2) is 53.5 Å². The largest absolute Gasteiger partial charge is 0.470 e. The fourth-order valence-corrected chi connectivity index (χ4v) is 3.89. The summed E-state index contributed by atoms with van der Waals surface area (Å²) in [4.78, 5) is 25.4. The lowest BCUT2D eigenvalue weighted by atomic mass is 10.3. The highest BCUT2D eigenvalue weighted by atomic mass is 79.9. The Bertz CT molecular complexity index is 1350. The standard InChI is InChI=1S/C21H20BrClN8O3/c1-29-11-13(9-25-29)8-24-21(33)19-17(10-26-30(19)2)27-20(32)16-5-6-31(28-16)12-34-18-4-3-14(23)7-15(18)22/h3-7,9-11H,8,12H2,1-2H3,(H,24,33)(H,27,32). The number of carbonyl (C=O) groups is 2. The number of aryl methyl sites for hydroxylation is 2. The molecular formula is C21H20BrClN8O3. The number of benzene rings is 1. The molecule has 0 atom stereocenters. The minimum Gasteiger partial charge on any atom is -0.470 e. The van der Waals surface area contributed by atoms with E-state index in [4.69, 9.17) is 16.3 Å². The summed E-state index contributed by atoms with van der Waals surface area (Å²) in [6.45, 7) is 0.377. The number of amides is 2. The van der Waals surface area contributed by atoms with E-state index >= 15 is 0 Å². The van der Waals surface area contributed by atoms with E-state index in [1.165, 1.54) is 15.6 Å². The summed E-state index contributed by atoms with van der Waals surface area (Å²) >= 11 is 9.32. The van der Waals surface area contributed by atoms with Crippen molar-refractivity contribution in [2.45, 2.75) is 13.3 Å². The maximum absolute atomic E-state index is 12.7. The highest BCUT2D eigenvalue weighted by molar-refractivity contribution is 9.10. The monoisotopic (exact) mass is 546 g/mol. The molecule has 0 bridgehead atoms. The molecule has 3 aromatic heterocycles. The maximum atomic E-state index is 12.7. The quantitative estimate of drug-likeness (QED) is 0.350. The first-order valence-corrected chi connectivity index (χ1v) is 11.2. The van der Waals surface area contributed by atoms with Gasteiger partial charge in [-0.1, -0.05) is 11.6 Å². The number of anilines is 1. The van der Waals surface area contributed by atoms with E-state index in [0.717, 1.165) is 5.56 Å². The van der Waals surface area contributed by atoms with E-state index in [2.05, 4.69) is 41.9 Å². The normalized spacial score (nSPS) is 10.8. The summed E-state index contributed by atoms with van der Waals surface area (Å²) in [5.41, 5.74) is 1.49. The Morgan fingerprint density at radius 2 is 1.97 bits per heavy atom. The fourth-order valence-electron chi connectivity index (χ4n) is 3.10. The Morgan fingerprint density at radius 3 is 2.71 bits per heavy atom. The first kappa shape index (κ1) is 23.5. The molecule has 2 N–H and O–H groups in total. The number of hydrogen-bond donors (Lipinski definition) is 2. The molecule has 0 aliphatic carbocycles. The summed E-state index contributed by atoms with van der Waals surface area (Å²) < 4.78 is 10.9. The summed E-state index contributed by atoms with van der Waals surface area (Å²) in [5.74, 6) is -0.282. The Kier molecular flexibility index (Phi) is 6.98. The predicted molar refractivity (Wildman–Crippen MR) is 128 cm³/mol. The minimum absolute atomic E-state index is 0.0857. The molecule has 0 unspecified atom stereocenters. The third-order valence-corrected chi connectivity index (χ3v) is 5.59. The Hall–Kier alpha value is -3.64. The summed E-state index contributed by atoms with van der Waals surface area (Å²) in [5, 5.41) is 18.5. The maximum Gasteiger partial charge on any atom is 0.276 e. The van der Waals surface area contributed by atoms with Gasteiger partial charge in [0.25, 0.3) is 11.8 Å². The van der Waals surface area contributed by atoms with Gasteiger partial charge in [0.2, 0.25) is 0 Å². The van der Waals surface area contributed by atoms with Crippen molar-refractivity contribution in [2.24, 2.45) is 14.1 Å². The molecule has 2 amide bonds. The second-order valence-electron chi connectivity index (χ2n) is 7.28. The molecule has 0 fully saturated rings. The highest BCUT2D eigenvalue weighted by Gasteiger charge is 2.20. The average molecular weight is 548 g/mol. The molecule has 34 heavy (non-hydrogen) atoms. The highest BCUT2D eigenvalue weighted by Crippen LogP contribution is 2.28. The molecule has 13 heteroatoms. The minimum atomic E-state index is -0.485. The number of nitrogens with zero attached hydrogens (tertiary/aromatic N) is 6. The zero-order chi connectivity index (χ0) is 24.2. The van der Waals surface area contributed by atoms with Crippen molar-refractivity contribution in [3.05, 3.63) is 75.5 Å². The molecule has 4 aromatic rings. The van der Waals surface area contributed by atoms with Crippen molar-refractivity contribution >= 4 is 45.0 Å². The summed E-state index contributed by atoms with van der Waals surface area (Å²) in [6.07, 6.45) is 6.49. The van der Waals surface area contributed by atoms with Crippen molar-refractivity contribution in [3.63, 3.8) is 0 Å². The SMILES string of the molecule is Cn1cc(CNC(=O)c2c(NC(=O)c3ccn(COc4ccc(Cl)cc4Br)n3)cnn2C)cn1. The lowest BCUT2D eigenvalue weighted by Gasteiger charge is -2.09. The first-order valence-electron chi connectivity index (χ1n) is 10.0. The van der Waals surface area contributed by atoms with Crippen LogP contribution < -0.4 is 15.4 Å². The zero-order valence-electron chi connectivity index (χ0n) is 18.2. The number of ether oxygens (including phenoxy) is 1. The third-order valence-electron chi connectivity index (χ3n) is 4.73. The first-order chi connectivity index (χ1) is 16.3. The van der Waals surface area contributed by atoms with Crippen LogP contribution in [0, 0.1) is 0 Å². The third kappa shape index (κ3) is 5.46. The van der Waals surface area contributed by atoms with Crippen LogP contribution in [-0.4, -0.2) is 41.2 Å². The zero-order valence-corrected chi connectivity index (χ0v) is 20.5.